The van der Waals surface area contributed by atoms with Crippen molar-refractivity contribution in [2.75, 3.05) is 0 Å². The summed E-state index contributed by atoms with van der Waals surface area (Å²) >= 11 is 0. The van der Waals surface area contributed by atoms with Crippen LogP contribution in [0.15, 0.2) is 115 Å². The first kappa shape index (κ1) is 21.4. The zero-order chi connectivity index (χ0) is 26.8. The number of para-hydroxylation sites is 3. The molecule has 0 N–H and O–H groups in total. The first-order valence-electron chi connectivity index (χ1n) is 14.0. The quantitative estimate of drug-likeness (QED) is 0.215. The SMILES string of the molecule is Cc1nc(-n2c3ccccc3c3c4c5c6ccccc6ccc5n5c6ccccc6c(cc32)c45)nc2ccccc12. The van der Waals surface area contributed by atoms with Crippen LogP contribution in [-0.2, 0) is 0 Å². The third-order valence-corrected chi connectivity index (χ3v) is 8.97. The summed E-state index contributed by atoms with van der Waals surface area (Å²) in [5.41, 5.74) is 7.95. The standard InChI is InChI=1S/C37H22N4/c1-21-23-11-4-7-15-28(23)39-37(38-21)41-30-17-9-6-14-26(30)34-32(41)20-27-25-13-5-8-16-29(25)40-31-19-18-22-10-2-3-12-24(22)33(31)35(34)36(27)40/h2-20H,1H3. The van der Waals surface area contributed by atoms with Crippen molar-refractivity contribution < 1.29 is 0 Å². The van der Waals surface area contributed by atoms with E-state index in [2.05, 4.69) is 125 Å². The molecular formula is C37H22N4. The lowest BCUT2D eigenvalue weighted by atomic mass is 9.98. The van der Waals surface area contributed by atoms with E-state index in [0.29, 0.717) is 5.95 Å². The highest BCUT2D eigenvalue weighted by atomic mass is 15.2. The summed E-state index contributed by atoms with van der Waals surface area (Å²) in [7, 11) is 0. The zero-order valence-electron chi connectivity index (χ0n) is 22.3. The topological polar surface area (TPSA) is 35.1 Å². The molecule has 41 heavy (non-hydrogen) atoms. The summed E-state index contributed by atoms with van der Waals surface area (Å²) in [5, 5.41) is 11.2. The molecule has 0 aliphatic carbocycles. The lowest BCUT2D eigenvalue weighted by Gasteiger charge is -2.09. The minimum atomic E-state index is 0.707. The van der Waals surface area contributed by atoms with E-state index < -0.39 is 0 Å². The average Bonchev–Trinajstić information content (AvgIpc) is 3.65. The lowest BCUT2D eigenvalue weighted by Crippen LogP contribution is -2.03. The second-order valence-electron chi connectivity index (χ2n) is 11.1. The van der Waals surface area contributed by atoms with Crippen molar-refractivity contribution in [3.05, 3.63) is 121 Å². The van der Waals surface area contributed by atoms with Crippen molar-refractivity contribution in [3.8, 4) is 5.95 Å². The van der Waals surface area contributed by atoms with Crippen LogP contribution < -0.4 is 0 Å². The largest absolute Gasteiger partial charge is 0.308 e. The summed E-state index contributed by atoms with van der Waals surface area (Å²) in [6.07, 6.45) is 0. The fourth-order valence-corrected chi connectivity index (χ4v) is 7.31. The predicted molar refractivity (Wildman–Crippen MR) is 171 cm³/mol. The Morgan fingerprint density at radius 1 is 0.488 bits per heavy atom. The van der Waals surface area contributed by atoms with Gasteiger partial charge in [0.2, 0.25) is 5.95 Å². The summed E-state index contributed by atoms with van der Waals surface area (Å²) in [6, 6.07) is 41.4. The molecule has 0 fully saturated rings. The van der Waals surface area contributed by atoms with E-state index in [0.717, 1.165) is 27.6 Å². The number of fused-ring (bicyclic) bond motifs is 13. The molecule has 0 amide bonds. The van der Waals surface area contributed by atoms with Gasteiger partial charge in [-0.2, -0.15) is 0 Å². The highest BCUT2D eigenvalue weighted by molar-refractivity contribution is 6.38. The summed E-state index contributed by atoms with van der Waals surface area (Å²) in [5.74, 6) is 0.707. The van der Waals surface area contributed by atoms with Gasteiger partial charge < -0.3 is 4.40 Å². The Morgan fingerprint density at radius 2 is 1.17 bits per heavy atom. The minimum Gasteiger partial charge on any atom is -0.308 e. The molecule has 4 nitrogen and oxygen atoms in total. The van der Waals surface area contributed by atoms with Crippen molar-refractivity contribution in [1.29, 1.82) is 0 Å². The molecule has 0 aliphatic rings. The average molecular weight is 523 g/mol. The molecule has 4 aromatic heterocycles. The fourth-order valence-electron chi connectivity index (χ4n) is 7.31. The fraction of sp³-hybridized carbons (Fsp3) is 0.0270. The van der Waals surface area contributed by atoms with Gasteiger partial charge in [-0.15, -0.1) is 0 Å². The van der Waals surface area contributed by atoms with Crippen LogP contribution in [0.4, 0.5) is 0 Å². The number of hydrogen-bond acceptors (Lipinski definition) is 2. The first-order valence-corrected chi connectivity index (χ1v) is 14.0. The molecule has 4 heteroatoms. The Balaban J connectivity index is 1.53. The lowest BCUT2D eigenvalue weighted by molar-refractivity contribution is 0.990. The Hall–Kier alpha value is -5.48. The van der Waals surface area contributed by atoms with E-state index in [1.54, 1.807) is 0 Å². The highest BCUT2D eigenvalue weighted by Gasteiger charge is 2.25. The van der Waals surface area contributed by atoms with Crippen LogP contribution in [0.25, 0.3) is 87.5 Å². The van der Waals surface area contributed by atoms with Crippen LogP contribution in [0.1, 0.15) is 5.69 Å². The van der Waals surface area contributed by atoms with E-state index in [-0.39, 0.29) is 0 Å². The van der Waals surface area contributed by atoms with Gasteiger partial charge in [0.05, 0.1) is 38.8 Å². The minimum absolute atomic E-state index is 0.707. The van der Waals surface area contributed by atoms with Crippen molar-refractivity contribution in [3.63, 3.8) is 0 Å². The number of benzene rings is 6. The molecule has 0 spiro atoms. The molecule has 0 saturated heterocycles. The maximum atomic E-state index is 5.12. The maximum absolute atomic E-state index is 5.12. The molecule has 0 radical (unpaired) electrons. The van der Waals surface area contributed by atoms with E-state index in [9.17, 15) is 0 Å². The van der Waals surface area contributed by atoms with Crippen LogP contribution in [0.5, 0.6) is 0 Å². The van der Waals surface area contributed by atoms with Crippen LogP contribution in [0.2, 0.25) is 0 Å². The molecule has 0 unspecified atom stereocenters. The van der Waals surface area contributed by atoms with Gasteiger partial charge in [0.15, 0.2) is 0 Å². The highest BCUT2D eigenvalue weighted by Crippen LogP contribution is 2.47. The van der Waals surface area contributed by atoms with Crippen LogP contribution >= 0.6 is 0 Å². The van der Waals surface area contributed by atoms with Gasteiger partial charge >= 0.3 is 0 Å². The zero-order valence-corrected chi connectivity index (χ0v) is 22.3. The van der Waals surface area contributed by atoms with Gasteiger partial charge in [-0.05, 0) is 48.0 Å². The monoisotopic (exact) mass is 522 g/mol. The Bertz CT molecular complexity index is 2710. The van der Waals surface area contributed by atoms with Crippen LogP contribution in [0.3, 0.4) is 0 Å². The molecule has 0 atom stereocenters. The predicted octanol–water partition coefficient (Wildman–Crippen LogP) is 9.34. The van der Waals surface area contributed by atoms with Crippen molar-refractivity contribution in [2.24, 2.45) is 0 Å². The molecule has 10 rings (SSSR count). The molecule has 0 bridgehead atoms. The maximum Gasteiger partial charge on any atom is 0.235 e. The van der Waals surface area contributed by atoms with Gasteiger partial charge in [0.1, 0.15) is 0 Å². The van der Waals surface area contributed by atoms with Crippen LogP contribution in [-0.4, -0.2) is 18.9 Å². The number of aromatic nitrogens is 4. The van der Waals surface area contributed by atoms with Gasteiger partial charge in [-0.3, -0.25) is 4.57 Å². The van der Waals surface area contributed by atoms with E-state index in [1.165, 1.54) is 59.6 Å². The molecule has 6 aromatic carbocycles. The van der Waals surface area contributed by atoms with E-state index >= 15 is 0 Å². The van der Waals surface area contributed by atoms with Gasteiger partial charge in [0.25, 0.3) is 0 Å². The number of aryl methyl sites for hydroxylation is 1. The van der Waals surface area contributed by atoms with E-state index in [1.807, 2.05) is 6.07 Å². The smallest absolute Gasteiger partial charge is 0.235 e. The number of hydrogen-bond donors (Lipinski definition) is 0. The third kappa shape index (κ3) is 2.56. The third-order valence-electron chi connectivity index (χ3n) is 8.97. The molecule has 0 saturated carbocycles. The van der Waals surface area contributed by atoms with Crippen molar-refractivity contribution >= 4 is 81.6 Å². The Morgan fingerprint density at radius 3 is 2.05 bits per heavy atom. The summed E-state index contributed by atoms with van der Waals surface area (Å²) < 4.78 is 4.75. The molecule has 0 aliphatic heterocycles. The van der Waals surface area contributed by atoms with Crippen molar-refractivity contribution in [2.45, 2.75) is 6.92 Å². The second kappa shape index (κ2) is 7.38. The Kier molecular flexibility index (Phi) is 3.84. The van der Waals surface area contributed by atoms with Gasteiger partial charge in [-0.1, -0.05) is 84.9 Å². The van der Waals surface area contributed by atoms with Gasteiger partial charge in [-0.25, -0.2) is 9.97 Å². The second-order valence-corrected chi connectivity index (χ2v) is 11.1. The van der Waals surface area contributed by atoms with Gasteiger partial charge in [0, 0.05) is 37.7 Å². The normalized spacial score (nSPS) is 12.5. The number of nitrogens with zero attached hydrogens (tertiary/aromatic N) is 4. The van der Waals surface area contributed by atoms with E-state index in [4.69, 9.17) is 9.97 Å². The number of rotatable bonds is 1. The first-order chi connectivity index (χ1) is 20.3. The molecule has 10 aromatic rings. The Labute approximate surface area is 234 Å². The molecular weight excluding hydrogens is 500 g/mol. The summed E-state index contributed by atoms with van der Waals surface area (Å²) in [4.78, 5) is 10.2. The van der Waals surface area contributed by atoms with Crippen LogP contribution in [0, 0.1) is 6.92 Å². The summed E-state index contributed by atoms with van der Waals surface area (Å²) in [6.45, 7) is 2.08. The van der Waals surface area contributed by atoms with Crippen molar-refractivity contribution in [1.82, 2.24) is 18.9 Å². The molecule has 190 valence electrons. The molecule has 4 heterocycles.